The number of nitro groups is 1. The Morgan fingerprint density at radius 1 is 1.43 bits per heavy atom. The average molecular weight is 327 g/mol. The fourth-order valence-corrected chi connectivity index (χ4v) is 4.00. The van der Waals surface area contributed by atoms with Gasteiger partial charge in [0.25, 0.3) is 0 Å². The number of aryl methyl sites for hydroxylation is 1. The van der Waals surface area contributed by atoms with Crippen LogP contribution < -0.4 is 5.32 Å². The summed E-state index contributed by atoms with van der Waals surface area (Å²) in [5, 5.41) is 13.9. The van der Waals surface area contributed by atoms with E-state index in [-0.39, 0.29) is 6.04 Å². The van der Waals surface area contributed by atoms with Crippen molar-refractivity contribution in [2.45, 2.75) is 25.3 Å². The fourth-order valence-electron chi connectivity index (χ4n) is 2.62. The maximum absolute atomic E-state index is 13.7. The molecule has 1 aromatic carbocycles. The number of hydrogen-bond donors (Lipinski definition) is 1. The minimum absolute atomic E-state index is 0.0679. The molecule has 0 bridgehead atoms. The Balaban J connectivity index is 1.84. The van der Waals surface area contributed by atoms with E-state index in [2.05, 4.69) is 5.32 Å². The molecule has 0 fully saturated rings. The maximum Gasteiger partial charge on any atom is 0.304 e. The highest BCUT2D eigenvalue weighted by Crippen LogP contribution is 2.39. The van der Waals surface area contributed by atoms with Crippen LogP contribution in [0.3, 0.4) is 0 Å². The summed E-state index contributed by atoms with van der Waals surface area (Å²) >= 11 is 7.63. The van der Waals surface area contributed by atoms with Gasteiger partial charge in [0.1, 0.15) is 0 Å². The van der Waals surface area contributed by atoms with Crippen LogP contribution in [-0.2, 0) is 6.42 Å². The van der Waals surface area contributed by atoms with E-state index in [9.17, 15) is 14.5 Å². The van der Waals surface area contributed by atoms with Crippen molar-refractivity contribution in [2.75, 3.05) is 5.32 Å². The molecule has 0 radical (unpaired) electrons. The molecule has 1 heterocycles. The van der Waals surface area contributed by atoms with Gasteiger partial charge in [-0.1, -0.05) is 11.6 Å². The zero-order valence-electron chi connectivity index (χ0n) is 10.9. The highest BCUT2D eigenvalue weighted by molar-refractivity contribution is 7.16. The molecule has 1 unspecified atom stereocenters. The predicted molar refractivity (Wildman–Crippen MR) is 81.7 cm³/mol. The van der Waals surface area contributed by atoms with Crippen LogP contribution in [-0.4, -0.2) is 4.92 Å². The summed E-state index contributed by atoms with van der Waals surface area (Å²) in [6.45, 7) is 0. The molecule has 0 aliphatic heterocycles. The van der Waals surface area contributed by atoms with Crippen LogP contribution >= 0.6 is 22.9 Å². The molecule has 0 saturated carbocycles. The number of anilines is 1. The lowest BCUT2D eigenvalue weighted by molar-refractivity contribution is -0.387. The molecule has 1 aliphatic rings. The second-order valence-electron chi connectivity index (χ2n) is 4.94. The topological polar surface area (TPSA) is 55.2 Å². The van der Waals surface area contributed by atoms with Crippen LogP contribution in [0.2, 0.25) is 4.34 Å². The second kappa shape index (κ2) is 5.61. The third-order valence-corrected chi connectivity index (χ3v) is 4.91. The maximum atomic E-state index is 13.7. The summed E-state index contributed by atoms with van der Waals surface area (Å²) in [7, 11) is 0. The van der Waals surface area contributed by atoms with Crippen LogP contribution in [0.15, 0.2) is 24.3 Å². The number of hydrogen-bond acceptors (Lipinski definition) is 4. The van der Waals surface area contributed by atoms with Gasteiger partial charge in [0.15, 0.2) is 0 Å². The number of benzene rings is 1. The van der Waals surface area contributed by atoms with Gasteiger partial charge in [0, 0.05) is 22.7 Å². The first kappa shape index (κ1) is 14.3. The largest absolute Gasteiger partial charge is 0.378 e. The van der Waals surface area contributed by atoms with Crippen LogP contribution in [0.25, 0.3) is 0 Å². The average Bonchev–Trinajstić information content (AvgIpc) is 2.80. The zero-order chi connectivity index (χ0) is 15.0. The first-order valence-corrected chi connectivity index (χ1v) is 7.72. The molecule has 21 heavy (non-hydrogen) atoms. The van der Waals surface area contributed by atoms with Crippen molar-refractivity contribution in [3.8, 4) is 0 Å². The monoisotopic (exact) mass is 326 g/mol. The Bertz CT molecular complexity index is 704. The van der Waals surface area contributed by atoms with Crippen LogP contribution in [0.1, 0.15) is 29.3 Å². The lowest BCUT2D eigenvalue weighted by Crippen LogP contribution is -2.15. The molecule has 1 atom stereocenters. The molecule has 0 spiro atoms. The summed E-state index contributed by atoms with van der Waals surface area (Å²) in [4.78, 5) is 11.2. The van der Waals surface area contributed by atoms with E-state index in [0.29, 0.717) is 5.69 Å². The summed E-state index contributed by atoms with van der Waals surface area (Å²) in [6.07, 6.45) is 2.98. The molecular formula is C14H12ClFN2O2S. The van der Waals surface area contributed by atoms with Gasteiger partial charge in [-0.05, 0) is 37.0 Å². The highest BCUT2D eigenvalue weighted by Gasteiger charge is 2.23. The van der Waals surface area contributed by atoms with Crippen molar-refractivity contribution in [2.24, 2.45) is 0 Å². The van der Waals surface area contributed by atoms with Gasteiger partial charge in [-0.15, -0.1) is 11.3 Å². The number of fused-ring (bicyclic) bond motifs is 1. The Hall–Kier alpha value is -1.66. The van der Waals surface area contributed by atoms with Gasteiger partial charge in [-0.2, -0.15) is 4.39 Å². The summed E-state index contributed by atoms with van der Waals surface area (Å²) in [6, 6.07) is 5.89. The van der Waals surface area contributed by atoms with Crippen LogP contribution in [0.5, 0.6) is 0 Å². The summed E-state index contributed by atoms with van der Waals surface area (Å²) in [5.41, 5.74) is 1.18. The zero-order valence-corrected chi connectivity index (χ0v) is 12.5. The van der Waals surface area contributed by atoms with Crippen LogP contribution in [0.4, 0.5) is 15.8 Å². The third-order valence-electron chi connectivity index (χ3n) is 3.57. The van der Waals surface area contributed by atoms with E-state index in [1.54, 1.807) is 11.3 Å². The number of rotatable bonds is 3. The standard InChI is InChI=1S/C14H12ClFN2O2S/c15-14-7-9-11(2-1-3-13(9)21-14)17-8-4-5-12(18(19)20)10(16)6-8/h4-7,11,17H,1-3H2. The molecule has 4 nitrogen and oxygen atoms in total. The first-order chi connectivity index (χ1) is 10.0. The summed E-state index contributed by atoms with van der Waals surface area (Å²) in [5.74, 6) is -0.829. The predicted octanol–water partition coefficient (Wildman–Crippen LogP) is 4.94. The number of nitrogens with zero attached hydrogens (tertiary/aromatic N) is 1. The van der Waals surface area contributed by atoms with Gasteiger partial charge in [-0.25, -0.2) is 0 Å². The summed E-state index contributed by atoms with van der Waals surface area (Å²) < 4.78 is 14.4. The van der Waals surface area contributed by atoms with Crippen molar-refractivity contribution in [3.63, 3.8) is 0 Å². The number of thiophene rings is 1. The molecule has 2 aromatic rings. The molecule has 1 aliphatic carbocycles. The van der Waals surface area contributed by atoms with E-state index < -0.39 is 16.4 Å². The Kier molecular flexibility index (Phi) is 3.82. The molecule has 7 heteroatoms. The van der Waals surface area contributed by atoms with E-state index in [1.807, 2.05) is 6.07 Å². The van der Waals surface area contributed by atoms with E-state index in [1.165, 1.54) is 23.1 Å². The van der Waals surface area contributed by atoms with Gasteiger partial charge >= 0.3 is 5.69 Å². The van der Waals surface area contributed by atoms with Crippen molar-refractivity contribution in [3.05, 3.63) is 55.0 Å². The Labute approximate surface area is 129 Å². The Morgan fingerprint density at radius 2 is 2.24 bits per heavy atom. The van der Waals surface area contributed by atoms with Crippen molar-refractivity contribution in [1.82, 2.24) is 0 Å². The lowest BCUT2D eigenvalue weighted by Gasteiger charge is -2.24. The molecule has 1 N–H and O–H groups in total. The van der Waals surface area contributed by atoms with Gasteiger partial charge < -0.3 is 5.32 Å². The molecule has 1 aromatic heterocycles. The third kappa shape index (κ3) is 2.87. The van der Waals surface area contributed by atoms with Gasteiger partial charge in [0.05, 0.1) is 15.3 Å². The van der Waals surface area contributed by atoms with Crippen LogP contribution in [0, 0.1) is 15.9 Å². The molecule has 0 saturated heterocycles. The van der Waals surface area contributed by atoms with Gasteiger partial charge in [-0.3, -0.25) is 10.1 Å². The normalized spacial score (nSPS) is 17.3. The van der Waals surface area contributed by atoms with Crippen molar-refractivity contribution in [1.29, 1.82) is 0 Å². The van der Waals surface area contributed by atoms with Gasteiger partial charge in [0.2, 0.25) is 5.82 Å². The second-order valence-corrected chi connectivity index (χ2v) is 6.71. The highest BCUT2D eigenvalue weighted by atomic mass is 35.5. The van der Waals surface area contributed by atoms with Crippen molar-refractivity contribution >= 4 is 34.3 Å². The molecule has 3 rings (SSSR count). The number of nitrogens with one attached hydrogen (secondary N) is 1. The smallest absolute Gasteiger partial charge is 0.304 e. The van der Waals surface area contributed by atoms with E-state index >= 15 is 0 Å². The lowest BCUT2D eigenvalue weighted by atomic mass is 9.94. The van der Waals surface area contributed by atoms with E-state index in [4.69, 9.17) is 11.6 Å². The minimum atomic E-state index is -0.829. The van der Waals surface area contributed by atoms with E-state index in [0.717, 1.165) is 29.2 Å². The Morgan fingerprint density at radius 3 is 2.95 bits per heavy atom. The minimum Gasteiger partial charge on any atom is -0.378 e. The number of halogens is 2. The first-order valence-electron chi connectivity index (χ1n) is 6.53. The van der Waals surface area contributed by atoms with Crippen molar-refractivity contribution < 1.29 is 9.31 Å². The molecule has 110 valence electrons. The molecule has 0 amide bonds. The fraction of sp³-hybridized carbons (Fsp3) is 0.286. The quantitative estimate of drug-likeness (QED) is 0.642. The number of nitro benzene ring substituents is 1. The SMILES string of the molecule is O=[N+]([O-])c1ccc(NC2CCCc3sc(Cl)cc32)cc1F. The molecular weight excluding hydrogens is 315 g/mol.